The SMILES string of the molecule is CCCCCCCCC=CCCCCCCCCCC(=O)OC(COC(=O)CCCCCCCCCCCCCCC)COP(=O)(O)OC1C(O)C(O)C(O)C(OP(=O)(O)O)C1O. The number of rotatable bonds is 41. The van der Waals surface area contributed by atoms with Crippen LogP contribution in [0, 0.1) is 0 Å². The summed E-state index contributed by atoms with van der Waals surface area (Å²) in [6, 6.07) is 0. The van der Waals surface area contributed by atoms with E-state index < -0.39 is 83.5 Å². The lowest BCUT2D eigenvalue weighted by atomic mass is 9.85. The van der Waals surface area contributed by atoms with Crippen molar-refractivity contribution in [3.8, 4) is 0 Å². The zero-order valence-corrected chi connectivity index (χ0v) is 40.3. The maximum atomic E-state index is 13.0. The van der Waals surface area contributed by atoms with Gasteiger partial charge in [-0.15, -0.1) is 0 Å². The summed E-state index contributed by atoms with van der Waals surface area (Å²) < 4.78 is 49.4. The molecule has 1 fully saturated rings. The van der Waals surface area contributed by atoms with Crippen molar-refractivity contribution >= 4 is 27.6 Å². The van der Waals surface area contributed by atoms with Crippen LogP contribution < -0.4 is 0 Å². The molecule has 0 spiro atoms. The Morgan fingerprint density at radius 2 is 0.873 bits per heavy atom. The number of hydrogen-bond donors (Lipinski definition) is 7. The van der Waals surface area contributed by atoms with Gasteiger partial charge in [0, 0.05) is 12.8 Å². The van der Waals surface area contributed by atoms with E-state index in [2.05, 4.69) is 30.5 Å². The van der Waals surface area contributed by atoms with Crippen molar-refractivity contribution in [2.45, 2.75) is 249 Å². The molecule has 0 heterocycles. The van der Waals surface area contributed by atoms with Gasteiger partial charge in [0.1, 0.15) is 43.2 Å². The van der Waals surface area contributed by atoms with Crippen LogP contribution in [0.4, 0.5) is 0 Å². The summed E-state index contributed by atoms with van der Waals surface area (Å²) in [5, 5.41) is 41.2. The number of ether oxygens (including phenoxy) is 2. The van der Waals surface area contributed by atoms with E-state index in [-0.39, 0.29) is 12.8 Å². The van der Waals surface area contributed by atoms with Gasteiger partial charge in [-0.05, 0) is 38.5 Å². The Labute approximate surface area is 378 Å². The van der Waals surface area contributed by atoms with Gasteiger partial charge >= 0.3 is 27.6 Å². The zero-order valence-electron chi connectivity index (χ0n) is 38.5. The van der Waals surface area contributed by atoms with Crippen molar-refractivity contribution < 1.29 is 76.9 Å². The van der Waals surface area contributed by atoms with Gasteiger partial charge in [-0.1, -0.05) is 167 Å². The van der Waals surface area contributed by atoms with E-state index in [0.29, 0.717) is 12.8 Å². The van der Waals surface area contributed by atoms with Crippen molar-refractivity contribution in [3.63, 3.8) is 0 Å². The number of phosphoric ester groups is 2. The molecule has 1 rings (SSSR count). The molecular weight excluding hydrogens is 858 g/mol. The van der Waals surface area contributed by atoms with E-state index in [4.69, 9.17) is 18.5 Å². The highest BCUT2D eigenvalue weighted by Crippen LogP contribution is 2.49. The van der Waals surface area contributed by atoms with Crippen LogP contribution >= 0.6 is 15.6 Å². The average Bonchev–Trinajstić information content (AvgIpc) is 3.23. The molecule has 372 valence electrons. The lowest BCUT2D eigenvalue weighted by molar-refractivity contribution is -0.216. The van der Waals surface area contributed by atoms with E-state index in [9.17, 15) is 53.8 Å². The number of carbonyl (C=O) groups is 2. The van der Waals surface area contributed by atoms with Crippen LogP contribution in [0.3, 0.4) is 0 Å². The third kappa shape index (κ3) is 31.4. The monoisotopic (exact) mass is 945 g/mol. The first kappa shape index (κ1) is 59.8. The van der Waals surface area contributed by atoms with Gasteiger partial charge in [0.15, 0.2) is 6.10 Å². The summed E-state index contributed by atoms with van der Waals surface area (Å²) in [6.45, 7) is 3.11. The van der Waals surface area contributed by atoms with Crippen molar-refractivity contribution in [2.24, 2.45) is 0 Å². The molecule has 16 nitrogen and oxygen atoms in total. The smallest absolute Gasteiger partial charge is 0.462 e. The molecule has 63 heavy (non-hydrogen) atoms. The third-order valence-corrected chi connectivity index (χ3v) is 12.8. The molecule has 0 saturated heterocycles. The van der Waals surface area contributed by atoms with Gasteiger partial charge in [0.25, 0.3) is 0 Å². The summed E-state index contributed by atoms with van der Waals surface area (Å²) in [5.41, 5.74) is 0. The number of aliphatic hydroxyl groups excluding tert-OH is 4. The van der Waals surface area contributed by atoms with Crippen LogP contribution in [0.25, 0.3) is 0 Å². The normalized spacial score (nSPS) is 22.0. The molecule has 8 atom stereocenters. The molecule has 18 heteroatoms. The fraction of sp³-hybridized carbons (Fsp3) is 0.911. The molecule has 0 aromatic rings. The average molecular weight is 945 g/mol. The second-order valence-electron chi connectivity index (χ2n) is 17.2. The van der Waals surface area contributed by atoms with Gasteiger partial charge < -0.3 is 44.6 Å². The summed E-state index contributed by atoms with van der Waals surface area (Å²) in [7, 11) is -10.7. The highest BCUT2D eigenvalue weighted by atomic mass is 31.2. The minimum absolute atomic E-state index is 0.0434. The summed E-state index contributed by atoms with van der Waals surface area (Å²) >= 11 is 0. The number of hydrogen-bond acceptors (Lipinski definition) is 13. The minimum Gasteiger partial charge on any atom is -0.462 e. The summed E-state index contributed by atoms with van der Waals surface area (Å²) in [6.07, 6.45) is 21.7. The van der Waals surface area contributed by atoms with Gasteiger partial charge in [-0.3, -0.25) is 23.2 Å². The first-order chi connectivity index (χ1) is 30.1. The van der Waals surface area contributed by atoms with Crippen molar-refractivity contribution in [3.05, 3.63) is 12.2 Å². The van der Waals surface area contributed by atoms with Gasteiger partial charge in [0.2, 0.25) is 0 Å². The Bertz CT molecular complexity index is 1280. The minimum atomic E-state index is -5.36. The third-order valence-electron chi connectivity index (χ3n) is 11.3. The highest BCUT2D eigenvalue weighted by molar-refractivity contribution is 7.47. The fourth-order valence-corrected chi connectivity index (χ4v) is 9.09. The molecule has 1 aliphatic carbocycles. The largest absolute Gasteiger partial charge is 0.472 e. The first-order valence-electron chi connectivity index (χ1n) is 24.2. The Morgan fingerprint density at radius 3 is 1.30 bits per heavy atom. The molecule has 8 unspecified atom stereocenters. The Hall–Kier alpha value is -1.26. The Morgan fingerprint density at radius 1 is 0.492 bits per heavy atom. The number of esters is 2. The number of unbranched alkanes of at least 4 members (excludes halogenated alkanes) is 25. The van der Waals surface area contributed by atoms with Crippen LogP contribution in [0.1, 0.15) is 206 Å². The van der Waals surface area contributed by atoms with Crippen molar-refractivity contribution in [1.29, 1.82) is 0 Å². The van der Waals surface area contributed by atoms with Crippen LogP contribution in [0.15, 0.2) is 12.2 Å². The summed E-state index contributed by atoms with van der Waals surface area (Å²) in [5.74, 6) is -1.20. The molecule has 0 aromatic heterocycles. The van der Waals surface area contributed by atoms with E-state index in [1.165, 1.54) is 89.9 Å². The maximum Gasteiger partial charge on any atom is 0.472 e. The summed E-state index contributed by atoms with van der Waals surface area (Å²) in [4.78, 5) is 54.3. The molecule has 1 aliphatic rings. The number of carbonyl (C=O) groups excluding carboxylic acids is 2. The van der Waals surface area contributed by atoms with Gasteiger partial charge in [-0.25, -0.2) is 9.13 Å². The van der Waals surface area contributed by atoms with Crippen molar-refractivity contribution in [1.82, 2.24) is 0 Å². The van der Waals surface area contributed by atoms with Crippen LogP contribution in [-0.2, 0) is 41.8 Å². The van der Waals surface area contributed by atoms with E-state index in [1.54, 1.807) is 0 Å². The molecule has 7 N–H and O–H groups in total. The molecular formula is C45H86O16P2. The van der Waals surface area contributed by atoms with Gasteiger partial charge in [0.05, 0.1) is 6.61 Å². The first-order valence-corrected chi connectivity index (χ1v) is 27.3. The number of phosphoric acid groups is 2. The standard InChI is InChI=1S/C45H86O16P2/c1-3-5-7-9-11-13-15-17-18-19-20-22-24-26-28-30-32-34-39(47)59-37(35-57-38(46)33-31-29-27-25-23-21-16-14-12-10-8-6-4-2)36-58-63(55,56)61-45-42(50)40(48)41(49)44(43(45)51)60-62(52,53)54/h17-18,37,40-45,48-51H,3-16,19-36H2,1-2H3,(H,55,56)(H2,52,53,54). The molecule has 0 amide bonds. The van der Waals surface area contributed by atoms with E-state index in [1.807, 2.05) is 0 Å². The van der Waals surface area contributed by atoms with Crippen LogP contribution in [0.2, 0.25) is 0 Å². The zero-order chi connectivity index (χ0) is 46.8. The maximum absolute atomic E-state index is 13.0. The van der Waals surface area contributed by atoms with Crippen molar-refractivity contribution in [2.75, 3.05) is 13.2 Å². The van der Waals surface area contributed by atoms with E-state index >= 15 is 0 Å². The van der Waals surface area contributed by atoms with Crippen LogP contribution in [0.5, 0.6) is 0 Å². The van der Waals surface area contributed by atoms with Gasteiger partial charge in [-0.2, -0.15) is 0 Å². The molecule has 0 aromatic carbocycles. The molecule has 0 aliphatic heterocycles. The number of allylic oxidation sites excluding steroid dienone is 2. The second kappa shape index (κ2) is 36.8. The highest BCUT2D eigenvalue weighted by Gasteiger charge is 2.54. The molecule has 0 radical (unpaired) electrons. The Balaban J connectivity index is 2.57. The lowest BCUT2D eigenvalue weighted by Gasteiger charge is -2.43. The van der Waals surface area contributed by atoms with Crippen LogP contribution in [-0.4, -0.2) is 103 Å². The van der Waals surface area contributed by atoms with E-state index in [0.717, 1.165) is 77.0 Å². The second-order valence-corrected chi connectivity index (χ2v) is 19.8. The Kier molecular flexibility index (Phi) is 34.9. The number of aliphatic hydroxyl groups is 4. The lowest BCUT2D eigenvalue weighted by Crippen LogP contribution is -2.64. The molecule has 0 bridgehead atoms. The molecule has 1 saturated carbocycles. The quantitative estimate of drug-likeness (QED) is 0.0130. The fourth-order valence-electron chi connectivity index (χ4n) is 7.55. The predicted octanol–water partition coefficient (Wildman–Crippen LogP) is 9.18. The topological polar surface area (TPSA) is 256 Å². The predicted molar refractivity (Wildman–Crippen MR) is 241 cm³/mol.